The van der Waals surface area contributed by atoms with Gasteiger partial charge in [0.05, 0.1) is 0 Å². The summed E-state index contributed by atoms with van der Waals surface area (Å²) in [6.07, 6.45) is 0. The van der Waals surface area contributed by atoms with Crippen LogP contribution in [0.25, 0.3) is 0 Å². The lowest BCUT2D eigenvalue weighted by Gasteiger charge is -2.43. The van der Waals surface area contributed by atoms with Crippen LogP contribution in [0.15, 0.2) is 22.6 Å². The quantitative estimate of drug-likeness (QED) is 0.419. The molecule has 1 aromatic rings. The van der Waals surface area contributed by atoms with Crippen molar-refractivity contribution in [1.29, 1.82) is 0 Å². The first-order valence-corrected chi connectivity index (χ1v) is 21.4. The predicted molar refractivity (Wildman–Crippen MR) is 123 cm³/mol. The molecule has 0 amide bonds. The standard InChI is InChI=1S/C18H37N2O2PSi3/c1-15-12-13-17-16(14-15)18(2,22-26(9,10)11)23(21-17,19-24(3,4)5)20-25(6,7)8/h12-14,19H,1-11H3. The fraction of sp³-hybridized carbons (Fsp3) is 0.667. The molecule has 0 aliphatic carbocycles. The highest BCUT2D eigenvalue weighted by atomic mass is 31.2. The number of hydrogen-bond donors (Lipinski definition) is 1. The highest BCUT2D eigenvalue weighted by molar-refractivity contribution is 7.64. The smallest absolute Gasteiger partial charge is 0.220 e. The Labute approximate surface area is 163 Å². The van der Waals surface area contributed by atoms with Crippen molar-refractivity contribution >= 4 is 32.2 Å². The summed E-state index contributed by atoms with van der Waals surface area (Å²) < 4.78 is 23.1. The Morgan fingerprint density at radius 2 is 1.62 bits per heavy atom. The molecule has 0 fully saturated rings. The second kappa shape index (κ2) is 6.71. The van der Waals surface area contributed by atoms with E-state index in [2.05, 4.69) is 95.7 Å². The van der Waals surface area contributed by atoms with E-state index in [0.29, 0.717) is 0 Å². The molecule has 1 aliphatic rings. The minimum atomic E-state index is -2.40. The van der Waals surface area contributed by atoms with Gasteiger partial charge < -0.3 is 8.95 Å². The average Bonchev–Trinajstić information content (AvgIpc) is 2.53. The second-order valence-corrected chi connectivity index (χ2v) is 27.6. The van der Waals surface area contributed by atoms with Gasteiger partial charge in [-0.15, -0.1) is 0 Å². The second-order valence-electron chi connectivity index (χ2n) is 10.5. The van der Waals surface area contributed by atoms with Crippen molar-refractivity contribution in [1.82, 2.24) is 4.75 Å². The van der Waals surface area contributed by atoms with Crippen LogP contribution in [0.4, 0.5) is 0 Å². The van der Waals surface area contributed by atoms with Gasteiger partial charge in [-0.3, -0.25) is 9.16 Å². The van der Waals surface area contributed by atoms with E-state index in [1.165, 1.54) is 11.1 Å². The lowest BCUT2D eigenvalue weighted by molar-refractivity contribution is 0.170. The van der Waals surface area contributed by atoms with Crippen LogP contribution in [-0.4, -0.2) is 24.8 Å². The molecule has 1 N–H and O–H groups in total. The van der Waals surface area contributed by atoms with E-state index in [9.17, 15) is 0 Å². The first-order valence-electron chi connectivity index (χ1n) is 9.40. The van der Waals surface area contributed by atoms with E-state index in [-0.39, 0.29) is 0 Å². The van der Waals surface area contributed by atoms with Gasteiger partial charge in [0, 0.05) is 5.56 Å². The van der Waals surface area contributed by atoms with Crippen molar-refractivity contribution in [2.24, 2.45) is 4.41 Å². The normalized spacial score (nSPS) is 26.4. The zero-order valence-corrected chi connectivity index (χ0v) is 22.3. The van der Waals surface area contributed by atoms with Crippen molar-refractivity contribution in [3.8, 4) is 5.75 Å². The lowest BCUT2D eigenvalue weighted by atomic mass is 10.1. The fourth-order valence-electron chi connectivity index (χ4n) is 3.34. The number of rotatable bonds is 5. The molecule has 2 atom stereocenters. The minimum absolute atomic E-state index is 0.528. The van der Waals surface area contributed by atoms with Gasteiger partial charge in [0.25, 0.3) is 0 Å². The highest BCUT2D eigenvalue weighted by Crippen LogP contribution is 2.72. The third kappa shape index (κ3) is 4.80. The number of aryl methyl sites for hydroxylation is 1. The highest BCUT2D eigenvalue weighted by Gasteiger charge is 2.57. The number of benzene rings is 1. The van der Waals surface area contributed by atoms with Crippen molar-refractivity contribution in [3.63, 3.8) is 0 Å². The molecule has 0 aromatic heterocycles. The minimum Gasteiger partial charge on any atom is -0.445 e. The largest absolute Gasteiger partial charge is 0.445 e. The summed E-state index contributed by atoms with van der Waals surface area (Å²) >= 11 is 0. The molecule has 0 bridgehead atoms. The summed E-state index contributed by atoms with van der Waals surface area (Å²) in [7, 11) is -7.68. The number of fused-ring (bicyclic) bond motifs is 1. The monoisotopic (exact) mass is 428 g/mol. The van der Waals surface area contributed by atoms with Gasteiger partial charge in [0.2, 0.25) is 7.43 Å². The van der Waals surface area contributed by atoms with Crippen LogP contribution in [0.3, 0.4) is 0 Å². The van der Waals surface area contributed by atoms with Crippen LogP contribution in [0, 0.1) is 6.92 Å². The Balaban J connectivity index is 2.83. The molecule has 0 radical (unpaired) electrons. The van der Waals surface area contributed by atoms with E-state index in [1.54, 1.807) is 0 Å². The Morgan fingerprint density at radius 1 is 1.04 bits per heavy atom. The molecular formula is C18H37N2O2PSi3. The van der Waals surface area contributed by atoms with Crippen molar-refractivity contribution in [3.05, 3.63) is 29.3 Å². The molecule has 8 heteroatoms. The SMILES string of the molecule is Cc1ccc2c(c1)C(C)(O[Si](C)(C)C)P(=N[Si](C)(C)C)(N[Si](C)(C)C)O2. The topological polar surface area (TPSA) is 42.8 Å². The molecule has 0 spiro atoms. The van der Waals surface area contributed by atoms with Crippen LogP contribution in [0.1, 0.15) is 18.1 Å². The first-order chi connectivity index (χ1) is 11.5. The third-order valence-electron chi connectivity index (χ3n) is 3.88. The van der Waals surface area contributed by atoms with E-state index in [1.807, 2.05) is 0 Å². The summed E-state index contributed by atoms with van der Waals surface area (Å²) in [5.74, 6) is 0.942. The number of hydrogen-bond acceptors (Lipinski definition) is 3. The molecule has 1 heterocycles. The summed E-state index contributed by atoms with van der Waals surface area (Å²) in [5.41, 5.74) is 2.40. The van der Waals surface area contributed by atoms with Crippen LogP contribution in [-0.2, 0) is 9.77 Å². The zero-order chi connectivity index (χ0) is 20.2. The molecule has 4 nitrogen and oxygen atoms in total. The van der Waals surface area contributed by atoms with Crippen LogP contribution >= 0.6 is 7.43 Å². The molecule has 0 saturated carbocycles. The summed E-state index contributed by atoms with van der Waals surface area (Å²) in [4.78, 5) is 0. The molecular weight excluding hydrogens is 391 g/mol. The molecule has 2 unspecified atom stereocenters. The molecule has 0 saturated heterocycles. The van der Waals surface area contributed by atoms with Crippen molar-refractivity contribution < 1.29 is 8.95 Å². The number of nitrogens with zero attached hydrogens (tertiary/aromatic N) is 1. The number of nitrogens with one attached hydrogen (secondary N) is 1. The lowest BCUT2D eigenvalue weighted by Crippen LogP contribution is -2.47. The van der Waals surface area contributed by atoms with E-state index in [4.69, 9.17) is 13.4 Å². The maximum Gasteiger partial charge on any atom is 0.220 e. The van der Waals surface area contributed by atoms with E-state index < -0.39 is 37.6 Å². The molecule has 26 heavy (non-hydrogen) atoms. The van der Waals surface area contributed by atoms with Crippen molar-refractivity contribution in [2.45, 2.75) is 78.1 Å². The van der Waals surface area contributed by atoms with Crippen LogP contribution < -0.4 is 9.28 Å². The zero-order valence-electron chi connectivity index (χ0n) is 18.4. The third-order valence-corrected chi connectivity index (χ3v) is 14.4. The Bertz CT molecular complexity index is 748. The maximum absolute atomic E-state index is 6.93. The van der Waals surface area contributed by atoms with E-state index in [0.717, 1.165) is 5.75 Å². The molecule has 1 aromatic carbocycles. The fourth-order valence-corrected chi connectivity index (χ4v) is 16.7. The Kier molecular flexibility index (Phi) is 5.71. The van der Waals surface area contributed by atoms with Crippen LogP contribution in [0.2, 0.25) is 58.9 Å². The Morgan fingerprint density at radius 3 is 2.08 bits per heavy atom. The van der Waals surface area contributed by atoms with Gasteiger partial charge >= 0.3 is 0 Å². The summed E-state index contributed by atoms with van der Waals surface area (Å²) in [5, 5.41) is -0.528. The Hall–Kier alpha value is -0.179. The van der Waals surface area contributed by atoms with Gasteiger partial charge in [-0.2, -0.15) is 0 Å². The molecule has 1 aliphatic heterocycles. The maximum atomic E-state index is 6.93. The first kappa shape index (κ1) is 22.1. The van der Waals surface area contributed by atoms with Gasteiger partial charge in [-0.1, -0.05) is 31.3 Å². The van der Waals surface area contributed by atoms with Crippen LogP contribution in [0.5, 0.6) is 5.75 Å². The van der Waals surface area contributed by atoms with E-state index >= 15 is 0 Å². The predicted octanol–water partition coefficient (Wildman–Crippen LogP) is 6.70. The average molecular weight is 429 g/mol. The van der Waals surface area contributed by atoms with Gasteiger partial charge in [-0.25, -0.2) is 0 Å². The summed E-state index contributed by atoms with van der Waals surface area (Å²) in [6.45, 7) is 24.9. The van der Waals surface area contributed by atoms with Gasteiger partial charge in [0.15, 0.2) is 21.9 Å². The van der Waals surface area contributed by atoms with Gasteiger partial charge in [0.1, 0.15) is 14.0 Å². The molecule has 2 rings (SSSR count). The molecule has 148 valence electrons. The van der Waals surface area contributed by atoms with Crippen molar-refractivity contribution in [2.75, 3.05) is 0 Å². The van der Waals surface area contributed by atoms with Gasteiger partial charge in [-0.05, 0) is 65.3 Å². The summed E-state index contributed by atoms with van der Waals surface area (Å²) in [6, 6.07) is 6.46.